The van der Waals surface area contributed by atoms with Gasteiger partial charge in [-0.1, -0.05) is 33.8 Å². The van der Waals surface area contributed by atoms with Gasteiger partial charge in [-0.25, -0.2) is 4.79 Å². The van der Waals surface area contributed by atoms with Crippen molar-refractivity contribution in [3.63, 3.8) is 0 Å². The predicted octanol–water partition coefficient (Wildman–Crippen LogP) is 5.74. The Morgan fingerprint density at radius 3 is 2.52 bits per heavy atom. The Labute approximate surface area is 234 Å². The number of carboxylic acid groups (broad SMARTS) is 1. The molecule has 0 spiro atoms. The maximum absolute atomic E-state index is 14.1. The number of Topliss-reactive ketones (excluding diaryl/α,β-unsaturated/α-hetero) is 1. The number of allylic oxidation sites excluding steroid dienone is 2. The van der Waals surface area contributed by atoms with E-state index >= 15 is 0 Å². The normalized spacial score (nSPS) is 22.2. The molecule has 2 aromatic rings. The van der Waals surface area contributed by atoms with Crippen molar-refractivity contribution in [2.24, 2.45) is 11.3 Å². The summed E-state index contributed by atoms with van der Waals surface area (Å²) < 4.78 is 12.5. The van der Waals surface area contributed by atoms with Gasteiger partial charge in [-0.05, 0) is 42.5 Å². The van der Waals surface area contributed by atoms with Gasteiger partial charge in [-0.15, -0.1) is 0 Å². The zero-order chi connectivity index (χ0) is 28.9. The topological polar surface area (TPSA) is 106 Å². The van der Waals surface area contributed by atoms with Gasteiger partial charge in [-0.2, -0.15) is 0 Å². The molecule has 0 bridgehead atoms. The van der Waals surface area contributed by atoms with Crippen LogP contribution < -0.4 is 4.74 Å². The fourth-order valence-corrected chi connectivity index (χ4v) is 6.37. The van der Waals surface area contributed by atoms with Crippen LogP contribution in [0.4, 0.5) is 0 Å². The number of amides is 1. The average Bonchev–Trinajstić information content (AvgIpc) is 2.89. The number of pyridine rings is 1. The summed E-state index contributed by atoms with van der Waals surface area (Å²) in [5.41, 5.74) is 1.45. The molecule has 8 heteroatoms. The molecule has 3 heterocycles. The van der Waals surface area contributed by atoms with E-state index in [0.717, 1.165) is 0 Å². The summed E-state index contributed by atoms with van der Waals surface area (Å²) in [6, 6.07) is 8.60. The molecule has 1 aliphatic carbocycles. The quantitative estimate of drug-likeness (QED) is 0.494. The molecule has 3 aliphatic rings. The van der Waals surface area contributed by atoms with Crippen LogP contribution in [0.5, 0.6) is 5.75 Å². The van der Waals surface area contributed by atoms with Crippen molar-refractivity contribution in [1.29, 1.82) is 0 Å². The molecule has 0 saturated carbocycles. The van der Waals surface area contributed by atoms with E-state index in [0.29, 0.717) is 58.1 Å². The minimum atomic E-state index is -1.19. The second-order valence-electron chi connectivity index (χ2n) is 11.9. The number of ether oxygens (including phenoxy) is 2. The Hall–Kier alpha value is -3.94. The molecule has 1 aromatic carbocycles. The van der Waals surface area contributed by atoms with Gasteiger partial charge in [0.1, 0.15) is 17.3 Å². The monoisotopic (exact) mass is 544 g/mol. The summed E-state index contributed by atoms with van der Waals surface area (Å²) in [5.74, 6) is -1.02. The number of aromatic nitrogens is 1. The van der Waals surface area contributed by atoms with Crippen LogP contribution >= 0.6 is 0 Å². The molecule has 0 unspecified atom stereocenters. The number of carbonyl (C=O) groups is 3. The standard InChI is InChI=1S/C32H36N2O6/c1-7-39-22-12-11-18(19-10-8-9-13-33-19)25(31(37)38)27(22)29-26-21(35)15-32(4,5)16-24(26)40-23-14-20(17(2)3)34(6)30(36)28(23)29/h8-13,17,20,29H,7,14-16H2,1-6H3,(H,37,38)/t20-,29+/m0/s1. The highest BCUT2D eigenvalue weighted by Crippen LogP contribution is 2.54. The average molecular weight is 545 g/mol. The van der Waals surface area contributed by atoms with E-state index in [2.05, 4.69) is 18.8 Å². The van der Waals surface area contributed by atoms with Gasteiger partial charge in [-0.3, -0.25) is 14.6 Å². The number of benzene rings is 1. The van der Waals surface area contributed by atoms with Crippen molar-refractivity contribution in [2.45, 2.75) is 65.8 Å². The largest absolute Gasteiger partial charge is 0.494 e. The zero-order valence-electron chi connectivity index (χ0n) is 23.9. The van der Waals surface area contributed by atoms with Crippen LogP contribution in [-0.2, 0) is 14.3 Å². The highest BCUT2D eigenvalue weighted by Gasteiger charge is 2.50. The van der Waals surface area contributed by atoms with Gasteiger partial charge < -0.3 is 19.5 Å². The second kappa shape index (κ2) is 10.2. The van der Waals surface area contributed by atoms with Gasteiger partial charge in [0.05, 0.1) is 29.4 Å². The lowest BCUT2D eigenvalue weighted by molar-refractivity contribution is -0.131. The molecular formula is C32H36N2O6. The van der Waals surface area contributed by atoms with E-state index < -0.39 is 11.9 Å². The molecule has 1 amide bonds. The van der Waals surface area contributed by atoms with Crippen LogP contribution in [0.3, 0.4) is 0 Å². The van der Waals surface area contributed by atoms with Crippen molar-refractivity contribution in [3.8, 4) is 17.0 Å². The number of nitrogens with zero attached hydrogens (tertiary/aromatic N) is 2. The third-order valence-corrected chi connectivity index (χ3v) is 8.16. The molecule has 210 valence electrons. The number of likely N-dealkylation sites (N-methyl/N-ethyl adjacent to an activating group) is 1. The van der Waals surface area contributed by atoms with Gasteiger partial charge in [0.25, 0.3) is 5.91 Å². The minimum Gasteiger partial charge on any atom is -0.494 e. The van der Waals surface area contributed by atoms with E-state index in [1.807, 2.05) is 20.8 Å². The Balaban J connectivity index is 1.86. The Bertz CT molecular complexity index is 1450. The van der Waals surface area contributed by atoms with E-state index in [4.69, 9.17) is 9.47 Å². The molecular weight excluding hydrogens is 508 g/mol. The number of rotatable bonds is 6. The minimum absolute atomic E-state index is 0.0330. The lowest BCUT2D eigenvalue weighted by Crippen LogP contribution is -2.48. The number of carbonyl (C=O) groups excluding carboxylic acids is 2. The van der Waals surface area contributed by atoms with Crippen LogP contribution in [0.2, 0.25) is 0 Å². The highest BCUT2D eigenvalue weighted by molar-refractivity contribution is 6.08. The summed E-state index contributed by atoms with van der Waals surface area (Å²) in [5, 5.41) is 10.7. The maximum Gasteiger partial charge on any atom is 0.336 e. The predicted molar refractivity (Wildman–Crippen MR) is 150 cm³/mol. The van der Waals surface area contributed by atoms with E-state index in [9.17, 15) is 19.5 Å². The number of aromatic carboxylic acids is 1. The Morgan fingerprint density at radius 2 is 1.90 bits per heavy atom. The molecule has 0 saturated heterocycles. The molecule has 0 fully saturated rings. The third-order valence-electron chi connectivity index (χ3n) is 8.16. The number of hydrogen-bond donors (Lipinski definition) is 1. The van der Waals surface area contributed by atoms with E-state index in [1.54, 1.807) is 48.5 Å². The van der Waals surface area contributed by atoms with Crippen molar-refractivity contribution in [2.75, 3.05) is 13.7 Å². The summed E-state index contributed by atoms with van der Waals surface area (Å²) in [7, 11) is 1.76. The second-order valence-corrected chi connectivity index (χ2v) is 11.9. The van der Waals surface area contributed by atoms with Gasteiger partial charge in [0.15, 0.2) is 5.78 Å². The molecule has 1 N–H and O–H groups in total. The van der Waals surface area contributed by atoms with Crippen LogP contribution in [0, 0.1) is 11.3 Å². The first kappa shape index (κ1) is 27.6. The van der Waals surface area contributed by atoms with Gasteiger partial charge >= 0.3 is 5.97 Å². The molecule has 0 radical (unpaired) electrons. The van der Waals surface area contributed by atoms with Crippen molar-refractivity contribution in [3.05, 3.63) is 70.3 Å². The summed E-state index contributed by atoms with van der Waals surface area (Å²) in [6.07, 6.45) is 2.85. The summed E-state index contributed by atoms with van der Waals surface area (Å²) in [4.78, 5) is 47.2. The smallest absolute Gasteiger partial charge is 0.336 e. The highest BCUT2D eigenvalue weighted by atomic mass is 16.5. The molecule has 5 rings (SSSR count). The fraction of sp³-hybridized carbons (Fsp3) is 0.438. The number of ketones is 1. The van der Waals surface area contributed by atoms with Crippen molar-refractivity contribution in [1.82, 2.24) is 9.88 Å². The van der Waals surface area contributed by atoms with E-state index in [1.165, 1.54) is 0 Å². The molecule has 2 aliphatic heterocycles. The van der Waals surface area contributed by atoms with E-state index in [-0.39, 0.29) is 47.7 Å². The SMILES string of the molecule is CCOc1ccc(-c2ccccn2)c(C(=O)O)c1[C@H]1C2=C(CC(C)(C)CC2=O)OC2=C1C(=O)N(C)[C@H](C(C)C)C2. The molecule has 2 atom stereocenters. The Morgan fingerprint density at radius 1 is 1.15 bits per heavy atom. The number of carboxylic acids is 1. The summed E-state index contributed by atoms with van der Waals surface area (Å²) >= 11 is 0. The van der Waals surface area contributed by atoms with Crippen LogP contribution in [0.25, 0.3) is 11.3 Å². The van der Waals surface area contributed by atoms with Crippen molar-refractivity contribution < 1.29 is 29.0 Å². The molecule has 8 nitrogen and oxygen atoms in total. The van der Waals surface area contributed by atoms with Gasteiger partial charge in [0.2, 0.25) is 0 Å². The summed E-state index contributed by atoms with van der Waals surface area (Å²) in [6.45, 7) is 10.2. The number of hydrogen-bond acceptors (Lipinski definition) is 6. The van der Waals surface area contributed by atoms with Crippen LogP contribution in [0.1, 0.15) is 75.7 Å². The first-order valence-electron chi connectivity index (χ1n) is 13.8. The maximum atomic E-state index is 14.1. The lowest BCUT2D eigenvalue weighted by Gasteiger charge is -2.45. The molecule has 1 aromatic heterocycles. The van der Waals surface area contributed by atoms with Crippen molar-refractivity contribution >= 4 is 17.7 Å². The lowest BCUT2D eigenvalue weighted by atomic mass is 9.67. The molecule has 40 heavy (non-hydrogen) atoms. The Kier molecular flexibility index (Phi) is 7.06. The van der Waals surface area contributed by atoms with Crippen LogP contribution in [-0.4, -0.2) is 52.3 Å². The zero-order valence-corrected chi connectivity index (χ0v) is 23.9. The fourth-order valence-electron chi connectivity index (χ4n) is 6.37. The first-order valence-corrected chi connectivity index (χ1v) is 13.8. The van der Waals surface area contributed by atoms with Crippen LogP contribution in [0.15, 0.2) is 59.2 Å². The third kappa shape index (κ3) is 4.59. The van der Waals surface area contributed by atoms with Gasteiger partial charge in [0, 0.05) is 55.2 Å². The first-order chi connectivity index (χ1) is 18.9.